The molecule has 0 aromatic carbocycles. The molecule has 0 saturated carbocycles. The van der Waals surface area contributed by atoms with Crippen LogP contribution in [0.25, 0.3) is 0 Å². The van der Waals surface area contributed by atoms with E-state index in [-0.39, 0.29) is 12.0 Å². The first-order valence-corrected chi connectivity index (χ1v) is 5.86. The van der Waals surface area contributed by atoms with Gasteiger partial charge in [-0.3, -0.25) is 9.50 Å². The van der Waals surface area contributed by atoms with Crippen LogP contribution in [0.2, 0.25) is 0 Å². The minimum atomic E-state index is -3.28. The first-order chi connectivity index (χ1) is 5.64. The largest absolute Gasteiger partial charge is 0.291 e. The van der Waals surface area contributed by atoms with Crippen LogP contribution < -0.4 is 5.32 Å². The highest BCUT2D eigenvalue weighted by atomic mass is 32.2. The molecular weight excluding hydrogens is 178 g/mol. The molecule has 0 bridgehead atoms. The second-order valence-corrected chi connectivity index (χ2v) is 4.66. The number of rotatable bonds is 4. The van der Waals surface area contributed by atoms with Crippen LogP contribution in [0.5, 0.6) is 0 Å². The Balaban J connectivity index is 2.38. The number of hydrogen-bond acceptors (Lipinski definition) is 4. The smallest absolute Gasteiger partial charge is 0.268 e. The van der Waals surface area contributed by atoms with E-state index in [1.165, 1.54) is 0 Å². The van der Waals surface area contributed by atoms with Gasteiger partial charge in [0, 0.05) is 0 Å². The monoisotopic (exact) mass is 193 g/mol. The molecule has 0 radical (unpaired) electrons. The molecule has 72 valence electrons. The fourth-order valence-electron chi connectivity index (χ4n) is 1.21. The van der Waals surface area contributed by atoms with Gasteiger partial charge < -0.3 is 0 Å². The fourth-order valence-corrected chi connectivity index (χ4v) is 2.32. The molecule has 1 aliphatic heterocycles. The predicted octanol–water partition coefficient (Wildman–Crippen LogP) is 0.452. The minimum absolute atomic E-state index is 0.116. The summed E-state index contributed by atoms with van der Waals surface area (Å²) in [6.07, 6.45) is 2.12. The van der Waals surface area contributed by atoms with Crippen molar-refractivity contribution in [3.63, 3.8) is 0 Å². The number of hydrogen-bond donors (Lipinski definition) is 1. The van der Waals surface area contributed by atoms with E-state index in [1.807, 2.05) is 6.92 Å². The van der Waals surface area contributed by atoms with Gasteiger partial charge in [0.25, 0.3) is 10.1 Å². The lowest BCUT2D eigenvalue weighted by Gasteiger charge is -2.10. The van der Waals surface area contributed by atoms with E-state index >= 15 is 0 Å². The Bertz CT molecular complexity index is 219. The summed E-state index contributed by atoms with van der Waals surface area (Å²) in [7, 11) is -3.28. The normalized spacial score (nSPS) is 24.6. The van der Waals surface area contributed by atoms with Crippen molar-refractivity contribution < 1.29 is 12.6 Å². The molecule has 0 aliphatic carbocycles. The molecule has 1 N–H and O–H groups in total. The first kappa shape index (κ1) is 9.95. The molecule has 0 aromatic rings. The SMILES string of the molecule is CCCS(=O)(=O)O[C@@H]1CCCN1. The van der Waals surface area contributed by atoms with Crippen molar-refractivity contribution in [2.75, 3.05) is 12.3 Å². The van der Waals surface area contributed by atoms with E-state index in [4.69, 9.17) is 4.18 Å². The summed E-state index contributed by atoms with van der Waals surface area (Å²) >= 11 is 0. The molecule has 5 heteroatoms. The Kier molecular flexibility index (Phi) is 3.49. The zero-order valence-corrected chi connectivity index (χ0v) is 8.06. The van der Waals surface area contributed by atoms with Crippen LogP contribution in [-0.4, -0.2) is 26.9 Å². The van der Waals surface area contributed by atoms with Gasteiger partial charge in [-0.05, 0) is 25.8 Å². The van der Waals surface area contributed by atoms with E-state index in [0.717, 1.165) is 19.4 Å². The third-order valence-electron chi connectivity index (χ3n) is 1.73. The zero-order valence-electron chi connectivity index (χ0n) is 7.25. The van der Waals surface area contributed by atoms with Crippen LogP contribution in [-0.2, 0) is 14.3 Å². The van der Waals surface area contributed by atoms with Gasteiger partial charge in [-0.25, -0.2) is 0 Å². The predicted molar refractivity (Wildman–Crippen MR) is 46.2 cm³/mol. The molecule has 1 aliphatic rings. The molecule has 4 nitrogen and oxygen atoms in total. The van der Waals surface area contributed by atoms with E-state index in [9.17, 15) is 8.42 Å². The van der Waals surface area contributed by atoms with E-state index in [0.29, 0.717) is 6.42 Å². The van der Waals surface area contributed by atoms with E-state index in [2.05, 4.69) is 5.32 Å². The maximum Gasteiger partial charge on any atom is 0.268 e. The average Bonchev–Trinajstić information content (AvgIpc) is 2.38. The lowest BCUT2D eigenvalue weighted by Crippen LogP contribution is -2.28. The molecule has 12 heavy (non-hydrogen) atoms. The molecular formula is C7H15NO3S. The summed E-state index contributed by atoms with van der Waals surface area (Å²) in [5, 5.41) is 2.97. The lowest BCUT2D eigenvalue weighted by atomic mass is 10.4. The molecule has 0 spiro atoms. The Morgan fingerprint density at radius 1 is 1.58 bits per heavy atom. The Morgan fingerprint density at radius 2 is 2.33 bits per heavy atom. The highest BCUT2D eigenvalue weighted by Gasteiger charge is 2.21. The summed E-state index contributed by atoms with van der Waals surface area (Å²) in [5.74, 6) is 0.116. The van der Waals surface area contributed by atoms with Crippen molar-refractivity contribution in [1.29, 1.82) is 0 Å². The molecule has 1 saturated heterocycles. The molecule has 1 fully saturated rings. The van der Waals surface area contributed by atoms with Gasteiger partial charge in [0.05, 0.1) is 5.75 Å². The third kappa shape index (κ3) is 3.08. The summed E-state index contributed by atoms with van der Waals surface area (Å²) in [6.45, 7) is 2.68. The van der Waals surface area contributed by atoms with E-state index in [1.54, 1.807) is 0 Å². The van der Waals surface area contributed by atoms with Gasteiger partial charge in [0.15, 0.2) is 0 Å². The summed E-state index contributed by atoms with van der Waals surface area (Å²) in [6, 6.07) is 0. The van der Waals surface area contributed by atoms with Gasteiger partial charge in [-0.2, -0.15) is 8.42 Å². The minimum Gasteiger partial charge on any atom is -0.291 e. The maximum atomic E-state index is 11.1. The summed E-state index contributed by atoms with van der Waals surface area (Å²) in [4.78, 5) is 0. The van der Waals surface area contributed by atoms with Crippen molar-refractivity contribution in [3.05, 3.63) is 0 Å². The van der Waals surface area contributed by atoms with Crippen molar-refractivity contribution in [2.45, 2.75) is 32.4 Å². The highest BCUT2D eigenvalue weighted by molar-refractivity contribution is 7.86. The Morgan fingerprint density at radius 3 is 2.83 bits per heavy atom. The first-order valence-electron chi connectivity index (χ1n) is 4.28. The van der Waals surface area contributed by atoms with Gasteiger partial charge in [-0.1, -0.05) is 6.92 Å². The Hall–Kier alpha value is -0.130. The average molecular weight is 193 g/mol. The van der Waals surface area contributed by atoms with Crippen molar-refractivity contribution in [3.8, 4) is 0 Å². The van der Waals surface area contributed by atoms with Crippen molar-refractivity contribution >= 4 is 10.1 Å². The lowest BCUT2D eigenvalue weighted by molar-refractivity contribution is 0.195. The van der Waals surface area contributed by atoms with Crippen LogP contribution in [0.4, 0.5) is 0 Å². The van der Waals surface area contributed by atoms with Gasteiger partial charge in [0.2, 0.25) is 0 Å². The van der Waals surface area contributed by atoms with Gasteiger partial charge in [0.1, 0.15) is 6.23 Å². The summed E-state index contributed by atoms with van der Waals surface area (Å²) in [5.41, 5.74) is 0. The van der Waals surface area contributed by atoms with Crippen LogP contribution in [0.3, 0.4) is 0 Å². The topological polar surface area (TPSA) is 55.4 Å². The fraction of sp³-hybridized carbons (Fsp3) is 1.00. The van der Waals surface area contributed by atoms with Crippen molar-refractivity contribution in [2.24, 2.45) is 0 Å². The third-order valence-corrected chi connectivity index (χ3v) is 3.17. The van der Waals surface area contributed by atoms with Gasteiger partial charge in [-0.15, -0.1) is 0 Å². The standard InChI is InChI=1S/C7H15NO3S/c1-2-6-12(9,10)11-7-4-3-5-8-7/h7-8H,2-6H2,1H3/t7-/m1/s1. The molecule has 0 amide bonds. The quantitative estimate of drug-likeness (QED) is 0.659. The molecule has 1 atom stereocenters. The number of nitrogens with one attached hydrogen (secondary N) is 1. The van der Waals surface area contributed by atoms with Crippen LogP contribution in [0, 0.1) is 0 Å². The molecule has 1 heterocycles. The second kappa shape index (κ2) is 4.20. The molecule has 1 rings (SSSR count). The highest BCUT2D eigenvalue weighted by Crippen LogP contribution is 2.10. The zero-order chi connectivity index (χ0) is 9.03. The van der Waals surface area contributed by atoms with Gasteiger partial charge >= 0.3 is 0 Å². The Labute approximate surface area is 73.4 Å². The summed E-state index contributed by atoms with van der Waals surface area (Å²) < 4.78 is 27.1. The van der Waals surface area contributed by atoms with E-state index < -0.39 is 10.1 Å². The van der Waals surface area contributed by atoms with Crippen LogP contribution in [0.15, 0.2) is 0 Å². The molecule has 0 unspecified atom stereocenters. The maximum absolute atomic E-state index is 11.1. The van der Waals surface area contributed by atoms with Crippen molar-refractivity contribution in [1.82, 2.24) is 5.32 Å². The second-order valence-electron chi connectivity index (χ2n) is 2.94. The van der Waals surface area contributed by atoms with Crippen LogP contribution in [0.1, 0.15) is 26.2 Å². The molecule has 0 aromatic heterocycles. The van der Waals surface area contributed by atoms with Crippen LogP contribution >= 0.6 is 0 Å².